The molecule has 0 aliphatic heterocycles. The van der Waals surface area contributed by atoms with E-state index in [2.05, 4.69) is 19.9 Å². The van der Waals surface area contributed by atoms with Crippen LogP contribution in [0.15, 0.2) is 17.2 Å². The van der Waals surface area contributed by atoms with Crippen molar-refractivity contribution in [1.29, 1.82) is 0 Å². The van der Waals surface area contributed by atoms with Gasteiger partial charge in [0.2, 0.25) is 0 Å². The third kappa shape index (κ3) is 3.77. The maximum absolute atomic E-state index is 12.5. The summed E-state index contributed by atoms with van der Waals surface area (Å²) in [6, 6.07) is 0. The number of aromatic nitrogens is 4. The van der Waals surface area contributed by atoms with E-state index in [1.807, 2.05) is 0 Å². The lowest BCUT2D eigenvalue weighted by Gasteiger charge is -2.12. The van der Waals surface area contributed by atoms with Gasteiger partial charge in [-0.05, 0) is 33.3 Å². The highest BCUT2D eigenvalue weighted by atomic mass is 32.1. The lowest BCUT2D eigenvalue weighted by atomic mass is 10.2. The first-order valence-electron chi connectivity index (χ1n) is 8.51. The largest absolute Gasteiger partial charge is 0.462 e. The molecule has 1 atom stereocenters. The van der Waals surface area contributed by atoms with Gasteiger partial charge in [0.05, 0.1) is 23.9 Å². The van der Waals surface area contributed by atoms with E-state index in [1.54, 1.807) is 27.7 Å². The minimum absolute atomic E-state index is 0.0532. The van der Waals surface area contributed by atoms with Gasteiger partial charge in [-0.3, -0.25) is 9.78 Å². The molecule has 3 rings (SSSR count). The van der Waals surface area contributed by atoms with E-state index < -0.39 is 23.6 Å². The second-order valence-corrected chi connectivity index (χ2v) is 7.00. The summed E-state index contributed by atoms with van der Waals surface area (Å²) in [4.78, 5) is 52.4. The van der Waals surface area contributed by atoms with Crippen LogP contribution in [0.25, 0.3) is 10.2 Å². The van der Waals surface area contributed by atoms with E-state index in [-0.39, 0.29) is 18.1 Å². The molecule has 10 heteroatoms. The number of hydrogen-bond donors (Lipinski definition) is 1. The number of fused-ring (bicyclic) bond motifs is 1. The van der Waals surface area contributed by atoms with E-state index in [0.29, 0.717) is 26.4 Å². The van der Waals surface area contributed by atoms with Crippen molar-refractivity contribution in [2.75, 3.05) is 6.61 Å². The van der Waals surface area contributed by atoms with Gasteiger partial charge < -0.3 is 14.5 Å². The summed E-state index contributed by atoms with van der Waals surface area (Å²) in [5, 5.41) is 0.319. The van der Waals surface area contributed by atoms with Crippen molar-refractivity contribution < 1.29 is 19.1 Å². The maximum Gasteiger partial charge on any atom is 0.359 e. The Bertz CT molecular complexity index is 1100. The molecule has 146 valence electrons. The van der Waals surface area contributed by atoms with Crippen molar-refractivity contribution in [2.24, 2.45) is 0 Å². The van der Waals surface area contributed by atoms with E-state index in [4.69, 9.17) is 9.47 Å². The van der Waals surface area contributed by atoms with Crippen LogP contribution in [0.2, 0.25) is 0 Å². The fraction of sp³-hybridized carbons (Fsp3) is 0.333. The molecular formula is C18H18N4O5S. The number of carbonyl (C=O) groups is 2. The number of esters is 2. The van der Waals surface area contributed by atoms with E-state index in [9.17, 15) is 14.4 Å². The Morgan fingerprint density at radius 2 is 1.96 bits per heavy atom. The van der Waals surface area contributed by atoms with Crippen LogP contribution in [-0.4, -0.2) is 38.5 Å². The van der Waals surface area contributed by atoms with Gasteiger partial charge in [-0.1, -0.05) is 0 Å². The molecule has 3 aromatic rings. The maximum atomic E-state index is 12.5. The molecule has 1 N–H and O–H groups in total. The lowest BCUT2D eigenvalue weighted by molar-refractivity contribution is 0.0312. The summed E-state index contributed by atoms with van der Waals surface area (Å²) in [7, 11) is 0. The Hall–Kier alpha value is -3.14. The highest BCUT2D eigenvalue weighted by Crippen LogP contribution is 2.28. The van der Waals surface area contributed by atoms with Gasteiger partial charge in [0, 0.05) is 6.20 Å². The molecule has 0 spiro atoms. The molecule has 28 heavy (non-hydrogen) atoms. The standard InChI is InChI=1S/C18H18N4O5S/c1-5-26-18(25)13-9(3)12-15(23)21-14(22-16(12)28-13)10(4)27-17(24)11-7-19-8(2)6-20-11/h6-7,10H,5H2,1-4H3,(H,21,22,23)/t10-/m0/s1. The molecular weight excluding hydrogens is 384 g/mol. The number of ether oxygens (including phenoxy) is 2. The van der Waals surface area contributed by atoms with Crippen LogP contribution < -0.4 is 5.56 Å². The molecule has 0 aliphatic carbocycles. The molecule has 9 nitrogen and oxygen atoms in total. The molecule has 0 saturated heterocycles. The first kappa shape index (κ1) is 19.6. The van der Waals surface area contributed by atoms with Crippen LogP contribution in [0.3, 0.4) is 0 Å². The number of hydrogen-bond acceptors (Lipinski definition) is 9. The zero-order chi connectivity index (χ0) is 20.4. The number of H-pyrrole nitrogens is 1. The summed E-state index contributed by atoms with van der Waals surface area (Å²) >= 11 is 1.07. The summed E-state index contributed by atoms with van der Waals surface area (Å²) in [6.07, 6.45) is 1.94. The Morgan fingerprint density at radius 3 is 2.61 bits per heavy atom. The van der Waals surface area contributed by atoms with Gasteiger partial charge in [0.15, 0.2) is 17.6 Å². The highest BCUT2D eigenvalue weighted by molar-refractivity contribution is 7.20. The second kappa shape index (κ2) is 7.85. The molecule has 0 unspecified atom stereocenters. The van der Waals surface area contributed by atoms with Gasteiger partial charge in [-0.2, -0.15) is 0 Å². The summed E-state index contributed by atoms with van der Waals surface area (Å²) in [5.41, 5.74) is 0.824. The van der Waals surface area contributed by atoms with Crippen LogP contribution in [0.5, 0.6) is 0 Å². The predicted molar refractivity (Wildman–Crippen MR) is 102 cm³/mol. The molecule has 0 radical (unpaired) electrons. The first-order valence-corrected chi connectivity index (χ1v) is 9.33. The molecule has 3 aromatic heterocycles. The molecule has 0 amide bonds. The van der Waals surface area contributed by atoms with Gasteiger partial charge in [-0.25, -0.2) is 19.6 Å². The monoisotopic (exact) mass is 402 g/mol. The third-order valence-electron chi connectivity index (χ3n) is 3.94. The summed E-state index contributed by atoms with van der Waals surface area (Å²) in [5.74, 6) is -1.01. The van der Waals surface area contributed by atoms with E-state index in [0.717, 1.165) is 11.3 Å². The fourth-order valence-corrected chi connectivity index (χ4v) is 3.60. The minimum Gasteiger partial charge on any atom is -0.462 e. The first-order chi connectivity index (χ1) is 13.3. The summed E-state index contributed by atoms with van der Waals surface area (Å²) in [6.45, 7) is 6.94. The highest BCUT2D eigenvalue weighted by Gasteiger charge is 2.23. The average molecular weight is 402 g/mol. The van der Waals surface area contributed by atoms with E-state index >= 15 is 0 Å². The quantitative estimate of drug-likeness (QED) is 0.646. The molecule has 0 bridgehead atoms. The second-order valence-electron chi connectivity index (χ2n) is 6.00. The average Bonchev–Trinajstić information content (AvgIpc) is 2.99. The van der Waals surface area contributed by atoms with Crippen molar-refractivity contribution in [3.8, 4) is 0 Å². The number of rotatable bonds is 5. The van der Waals surface area contributed by atoms with Gasteiger partial charge in [-0.15, -0.1) is 11.3 Å². The SMILES string of the molecule is CCOC(=O)c1sc2nc([C@H](C)OC(=O)c3cnc(C)cn3)[nH]c(=O)c2c1C. The van der Waals surface area contributed by atoms with E-state index in [1.165, 1.54) is 12.4 Å². The van der Waals surface area contributed by atoms with Gasteiger partial charge in [0.25, 0.3) is 5.56 Å². The number of carbonyl (C=O) groups excluding carboxylic acids is 2. The number of thiophene rings is 1. The van der Waals surface area contributed by atoms with Crippen LogP contribution in [0.1, 0.15) is 57.2 Å². The number of aryl methyl sites for hydroxylation is 2. The normalized spacial score (nSPS) is 12.0. The predicted octanol–water partition coefficient (Wildman–Crippen LogP) is 2.49. The van der Waals surface area contributed by atoms with Crippen LogP contribution in [-0.2, 0) is 9.47 Å². The molecule has 0 aliphatic rings. The third-order valence-corrected chi connectivity index (χ3v) is 5.10. The van der Waals surface area contributed by atoms with Crippen LogP contribution in [0.4, 0.5) is 0 Å². The van der Waals surface area contributed by atoms with Gasteiger partial charge in [0.1, 0.15) is 9.71 Å². The molecule has 3 heterocycles. The number of nitrogens with one attached hydrogen (secondary N) is 1. The van der Waals surface area contributed by atoms with Gasteiger partial charge >= 0.3 is 11.9 Å². The molecule has 0 aromatic carbocycles. The zero-order valence-corrected chi connectivity index (χ0v) is 16.5. The minimum atomic E-state index is -0.832. The lowest BCUT2D eigenvalue weighted by Crippen LogP contribution is -2.18. The van der Waals surface area contributed by atoms with Crippen molar-refractivity contribution in [2.45, 2.75) is 33.8 Å². The van der Waals surface area contributed by atoms with Crippen molar-refractivity contribution >= 4 is 33.5 Å². The number of nitrogens with zero attached hydrogens (tertiary/aromatic N) is 3. The molecule has 0 saturated carbocycles. The van der Waals surface area contributed by atoms with Crippen LogP contribution >= 0.6 is 11.3 Å². The Balaban J connectivity index is 1.90. The van der Waals surface area contributed by atoms with Crippen LogP contribution in [0, 0.1) is 13.8 Å². The fourth-order valence-electron chi connectivity index (χ4n) is 2.52. The Morgan fingerprint density at radius 1 is 1.21 bits per heavy atom. The number of aromatic amines is 1. The molecule has 0 fully saturated rings. The van der Waals surface area contributed by atoms with Crippen molar-refractivity contribution in [1.82, 2.24) is 19.9 Å². The smallest absolute Gasteiger partial charge is 0.359 e. The topological polar surface area (TPSA) is 124 Å². The van der Waals surface area contributed by atoms with Crippen molar-refractivity contribution in [3.05, 3.63) is 50.4 Å². The Kier molecular flexibility index (Phi) is 5.50. The zero-order valence-electron chi connectivity index (χ0n) is 15.7. The summed E-state index contributed by atoms with van der Waals surface area (Å²) < 4.78 is 10.3. The van der Waals surface area contributed by atoms with Crippen molar-refractivity contribution in [3.63, 3.8) is 0 Å². The Labute approximate surface area is 163 Å².